The maximum Gasteiger partial charge on any atom is 0.231 e. The summed E-state index contributed by atoms with van der Waals surface area (Å²) in [6, 6.07) is 10.0. The van der Waals surface area contributed by atoms with Crippen LogP contribution in [0.4, 0.5) is 17.2 Å². The Kier molecular flexibility index (Phi) is 6.44. The molecule has 1 atom stereocenters. The van der Waals surface area contributed by atoms with Gasteiger partial charge in [-0.2, -0.15) is 0 Å². The first-order valence-corrected chi connectivity index (χ1v) is 12.7. The molecule has 1 fully saturated rings. The van der Waals surface area contributed by atoms with Gasteiger partial charge in [-0.05, 0) is 49.2 Å². The zero-order valence-corrected chi connectivity index (χ0v) is 21.4. The van der Waals surface area contributed by atoms with E-state index < -0.39 is 5.41 Å². The van der Waals surface area contributed by atoms with Crippen molar-refractivity contribution in [2.45, 2.75) is 18.2 Å². The number of allylic oxidation sites excluding steroid dienone is 1. The van der Waals surface area contributed by atoms with E-state index >= 15 is 0 Å². The van der Waals surface area contributed by atoms with Crippen LogP contribution in [-0.2, 0) is 4.79 Å². The van der Waals surface area contributed by atoms with Gasteiger partial charge in [-0.15, -0.1) is 11.8 Å². The number of carbonyl (C=O) groups is 1. The molecule has 1 amide bonds. The van der Waals surface area contributed by atoms with Crippen LogP contribution in [-0.4, -0.2) is 60.1 Å². The Morgan fingerprint density at radius 2 is 2.22 bits per heavy atom. The quantitative estimate of drug-likeness (QED) is 0.413. The van der Waals surface area contributed by atoms with Gasteiger partial charge >= 0.3 is 0 Å². The number of hydrogen-bond donors (Lipinski definition) is 3. The first kappa shape index (κ1) is 23.9. The minimum absolute atomic E-state index is 0.0856. The zero-order chi connectivity index (χ0) is 25.3. The predicted molar refractivity (Wildman–Crippen MR) is 146 cm³/mol. The van der Waals surface area contributed by atoms with Gasteiger partial charge in [-0.3, -0.25) is 9.79 Å². The Morgan fingerprint density at radius 3 is 2.97 bits per heavy atom. The van der Waals surface area contributed by atoms with Crippen molar-refractivity contribution in [3.63, 3.8) is 0 Å². The number of ether oxygens (including phenoxy) is 1. The summed E-state index contributed by atoms with van der Waals surface area (Å²) in [5.74, 6) is 2.15. The third kappa shape index (κ3) is 4.44. The number of nitrogens with zero attached hydrogens (tertiary/aromatic N) is 4. The fourth-order valence-corrected chi connectivity index (χ4v) is 5.42. The highest BCUT2D eigenvalue weighted by Crippen LogP contribution is 2.39. The van der Waals surface area contributed by atoms with Crippen molar-refractivity contribution in [3.05, 3.63) is 48.4 Å². The minimum Gasteiger partial charge on any atom is -0.492 e. The van der Waals surface area contributed by atoms with Gasteiger partial charge in [0.1, 0.15) is 24.5 Å². The highest BCUT2D eigenvalue weighted by molar-refractivity contribution is 7.99. The average molecular weight is 504 g/mol. The second kappa shape index (κ2) is 9.69. The van der Waals surface area contributed by atoms with Crippen LogP contribution in [0, 0.1) is 5.41 Å². The van der Waals surface area contributed by atoms with Crippen LogP contribution < -0.4 is 21.1 Å². The van der Waals surface area contributed by atoms with Gasteiger partial charge in [-0.25, -0.2) is 9.97 Å². The Bertz CT molecular complexity index is 1390. The molecule has 186 valence electrons. The Morgan fingerprint density at radius 1 is 1.36 bits per heavy atom. The molecule has 1 aromatic heterocycles. The summed E-state index contributed by atoms with van der Waals surface area (Å²) in [4.78, 5) is 28.9. The van der Waals surface area contributed by atoms with Crippen LogP contribution in [0.15, 0.2) is 52.7 Å². The lowest BCUT2D eigenvalue weighted by atomic mass is 9.90. The molecule has 3 aromatic rings. The van der Waals surface area contributed by atoms with Gasteiger partial charge in [0.2, 0.25) is 5.91 Å². The molecule has 2 aliphatic heterocycles. The number of aliphatic imine (C=N–C) groups is 1. The van der Waals surface area contributed by atoms with Crippen molar-refractivity contribution >= 4 is 57.6 Å². The molecule has 1 unspecified atom stereocenters. The molecule has 0 saturated carbocycles. The summed E-state index contributed by atoms with van der Waals surface area (Å²) in [7, 11) is 3.52. The van der Waals surface area contributed by atoms with Crippen molar-refractivity contribution in [1.29, 1.82) is 0 Å². The number of hydrogen-bond acceptors (Lipinski definition) is 9. The van der Waals surface area contributed by atoms with Crippen molar-refractivity contribution in [1.82, 2.24) is 14.9 Å². The van der Waals surface area contributed by atoms with Crippen molar-refractivity contribution in [2.75, 3.05) is 43.8 Å². The van der Waals surface area contributed by atoms with E-state index in [1.165, 1.54) is 17.4 Å². The third-order valence-electron chi connectivity index (χ3n) is 6.63. The number of carbonyl (C=O) groups excluding carboxylic acids is 1. The van der Waals surface area contributed by atoms with E-state index in [0.717, 1.165) is 40.2 Å². The van der Waals surface area contributed by atoms with Gasteiger partial charge in [0.15, 0.2) is 0 Å². The van der Waals surface area contributed by atoms with E-state index in [4.69, 9.17) is 10.5 Å². The van der Waals surface area contributed by atoms with E-state index in [1.807, 2.05) is 32.2 Å². The van der Waals surface area contributed by atoms with Crippen molar-refractivity contribution < 1.29 is 9.53 Å². The number of rotatable bonds is 7. The third-order valence-corrected chi connectivity index (χ3v) is 7.56. The fraction of sp³-hybridized carbons (Fsp3) is 0.308. The van der Waals surface area contributed by atoms with E-state index in [2.05, 4.69) is 37.7 Å². The number of nitrogens with two attached hydrogens (primary N) is 1. The molecule has 4 N–H and O–H groups in total. The minimum atomic E-state index is -0.595. The Hall–Kier alpha value is -3.79. The van der Waals surface area contributed by atoms with Crippen molar-refractivity contribution in [2.24, 2.45) is 16.1 Å². The first-order valence-electron chi connectivity index (χ1n) is 11.7. The van der Waals surface area contributed by atoms with E-state index in [0.29, 0.717) is 23.6 Å². The smallest absolute Gasteiger partial charge is 0.231 e. The highest BCUT2D eigenvalue weighted by Gasteiger charge is 2.42. The molecule has 0 bridgehead atoms. The zero-order valence-electron chi connectivity index (χ0n) is 20.5. The normalized spacial score (nSPS) is 19.7. The number of aromatic nitrogens is 2. The maximum atomic E-state index is 12.8. The number of thioether (sulfide) groups is 1. The maximum absolute atomic E-state index is 12.8. The summed E-state index contributed by atoms with van der Waals surface area (Å²) >= 11 is 1.76. The highest BCUT2D eigenvalue weighted by atomic mass is 32.2. The van der Waals surface area contributed by atoms with Gasteiger partial charge in [0, 0.05) is 54.9 Å². The molecule has 36 heavy (non-hydrogen) atoms. The monoisotopic (exact) mass is 503 g/mol. The van der Waals surface area contributed by atoms with Crippen molar-refractivity contribution in [3.8, 4) is 5.75 Å². The standard InChI is InChI=1S/C26H29N7O2S/c1-26(6-7-33(3)25(26)34)13-35-21-9-16(17(11-27)12-28-2)8-20-23(21)24(30-14-29-20)32-18-4-5-19-22(10-18)36-15-31-19/h4-5,8-12,14,31H,6-7,13,15,27H2,1-3H3,(H,29,30,32)/b17-11+,28-12?. The first-order chi connectivity index (χ1) is 17.4. The summed E-state index contributed by atoms with van der Waals surface area (Å²) < 4.78 is 6.40. The molecule has 10 heteroatoms. The molecule has 2 aromatic carbocycles. The summed E-state index contributed by atoms with van der Waals surface area (Å²) in [5, 5.41) is 7.53. The van der Waals surface area contributed by atoms with Crippen LogP contribution in [0.3, 0.4) is 0 Å². The average Bonchev–Trinajstić information content (AvgIpc) is 3.45. The number of benzene rings is 2. The summed E-state index contributed by atoms with van der Waals surface area (Å²) in [6.45, 7) is 2.91. The molecule has 0 radical (unpaired) electrons. The molecule has 5 rings (SSSR count). The summed E-state index contributed by atoms with van der Waals surface area (Å²) in [5.41, 5.74) is 9.59. The largest absolute Gasteiger partial charge is 0.492 e. The lowest BCUT2D eigenvalue weighted by Gasteiger charge is -2.23. The molecule has 2 aliphatic rings. The lowest BCUT2D eigenvalue weighted by Crippen LogP contribution is -2.34. The van der Waals surface area contributed by atoms with Crippen LogP contribution in [0.5, 0.6) is 5.75 Å². The summed E-state index contributed by atoms with van der Waals surface area (Å²) in [6.07, 6.45) is 5.46. The fourth-order valence-electron chi connectivity index (χ4n) is 4.53. The van der Waals surface area contributed by atoms with Gasteiger partial charge in [0.05, 0.1) is 22.2 Å². The molecule has 3 heterocycles. The SMILES string of the molecule is CN=C/C(=C\N)c1cc(OCC2(C)CCN(C)C2=O)c2c(Nc3ccc4c(c3)SCN4)ncnc2c1. The van der Waals surface area contributed by atoms with E-state index in [1.54, 1.807) is 29.9 Å². The van der Waals surface area contributed by atoms with Gasteiger partial charge in [-0.1, -0.05) is 0 Å². The second-order valence-corrected chi connectivity index (χ2v) is 10.2. The predicted octanol–water partition coefficient (Wildman–Crippen LogP) is 4.10. The second-order valence-electron chi connectivity index (χ2n) is 9.23. The molecule has 0 spiro atoms. The molecular weight excluding hydrogens is 474 g/mol. The lowest BCUT2D eigenvalue weighted by molar-refractivity contribution is -0.135. The molecule has 0 aliphatic carbocycles. The van der Waals surface area contributed by atoms with Crippen LogP contribution in [0.25, 0.3) is 16.5 Å². The Balaban J connectivity index is 1.57. The number of amides is 1. The van der Waals surface area contributed by atoms with Crippen LogP contribution >= 0.6 is 11.8 Å². The van der Waals surface area contributed by atoms with E-state index in [9.17, 15) is 4.79 Å². The molecule has 1 saturated heterocycles. The number of fused-ring (bicyclic) bond motifs is 2. The topological polar surface area (TPSA) is 118 Å². The van der Waals surface area contributed by atoms with Crippen LogP contribution in [0.1, 0.15) is 18.9 Å². The molecule has 9 nitrogen and oxygen atoms in total. The van der Waals surface area contributed by atoms with E-state index in [-0.39, 0.29) is 12.5 Å². The van der Waals surface area contributed by atoms with Crippen LogP contribution in [0.2, 0.25) is 0 Å². The Labute approximate surface area is 214 Å². The number of likely N-dealkylation sites (tertiary alicyclic amines) is 1. The van der Waals surface area contributed by atoms with Gasteiger partial charge < -0.3 is 26.0 Å². The number of nitrogens with one attached hydrogen (secondary N) is 2. The number of anilines is 3. The van der Waals surface area contributed by atoms with Gasteiger partial charge in [0.25, 0.3) is 0 Å². The molecular formula is C26H29N7O2S.